The first kappa shape index (κ1) is 20.7. The number of ether oxygens (including phenoxy) is 3. The molecule has 0 aromatic heterocycles. The Morgan fingerprint density at radius 2 is 2.12 bits per heavy atom. The van der Waals surface area contributed by atoms with E-state index in [4.69, 9.17) is 14.2 Å². The van der Waals surface area contributed by atoms with Gasteiger partial charge in [0, 0.05) is 52.8 Å². The molecule has 1 aromatic rings. The number of halogens is 1. The van der Waals surface area contributed by atoms with Crippen LogP contribution in [0, 0.1) is 21.7 Å². The summed E-state index contributed by atoms with van der Waals surface area (Å²) in [5, 5.41) is 0. The van der Waals surface area contributed by atoms with Gasteiger partial charge in [0.1, 0.15) is 12.4 Å². The molecule has 1 aliphatic carbocycles. The van der Waals surface area contributed by atoms with Crippen molar-refractivity contribution < 1.29 is 19.0 Å². The van der Waals surface area contributed by atoms with Gasteiger partial charge < -0.3 is 14.2 Å². The minimum atomic E-state index is -0.561. The van der Waals surface area contributed by atoms with E-state index in [0.29, 0.717) is 30.8 Å². The Morgan fingerprint density at radius 1 is 1.27 bits per heavy atom. The van der Waals surface area contributed by atoms with Crippen molar-refractivity contribution in [2.75, 3.05) is 27.1 Å². The fourth-order valence-corrected chi connectivity index (χ4v) is 2.89. The predicted molar refractivity (Wildman–Crippen MR) is 109 cm³/mol. The Kier molecular flexibility index (Phi) is 8.87. The van der Waals surface area contributed by atoms with Crippen LogP contribution in [0.2, 0.25) is 0 Å². The molecule has 1 unspecified atom stereocenters. The third-order valence-electron chi connectivity index (χ3n) is 4.10. The first-order valence-electron chi connectivity index (χ1n) is 8.32. The van der Waals surface area contributed by atoms with Gasteiger partial charge in [-0.3, -0.25) is 4.79 Å². The zero-order chi connectivity index (χ0) is 18.7. The Morgan fingerprint density at radius 3 is 2.88 bits per heavy atom. The summed E-state index contributed by atoms with van der Waals surface area (Å²) in [7, 11) is 1.63. The Balaban J connectivity index is 2.17. The quantitative estimate of drug-likeness (QED) is 0.193. The SMILES string of the molecule is COCCOCOC1(CC#CI)CCC=C1C#Cc1ccccc1C=O. The smallest absolute Gasteiger partial charge is 0.151 e. The number of hydrogen-bond acceptors (Lipinski definition) is 4. The zero-order valence-electron chi connectivity index (χ0n) is 14.7. The molecule has 5 heteroatoms. The minimum absolute atomic E-state index is 0.163. The highest BCUT2D eigenvalue weighted by molar-refractivity contribution is 14.1. The zero-order valence-corrected chi connectivity index (χ0v) is 16.9. The topological polar surface area (TPSA) is 44.8 Å². The van der Waals surface area contributed by atoms with Gasteiger partial charge in [-0.05, 0) is 22.8 Å². The maximum atomic E-state index is 11.2. The summed E-state index contributed by atoms with van der Waals surface area (Å²) in [4.78, 5) is 11.2. The van der Waals surface area contributed by atoms with E-state index in [2.05, 4.69) is 27.8 Å². The van der Waals surface area contributed by atoms with E-state index < -0.39 is 5.60 Å². The average Bonchev–Trinajstić information content (AvgIpc) is 3.07. The molecule has 4 nitrogen and oxygen atoms in total. The summed E-state index contributed by atoms with van der Waals surface area (Å²) in [6, 6.07) is 7.29. The van der Waals surface area contributed by atoms with Crippen molar-refractivity contribution in [1.82, 2.24) is 0 Å². The van der Waals surface area contributed by atoms with Crippen LogP contribution in [0.3, 0.4) is 0 Å². The predicted octanol–water partition coefficient (Wildman–Crippen LogP) is 3.73. The van der Waals surface area contributed by atoms with Crippen LogP contribution in [0.5, 0.6) is 0 Å². The Bertz CT molecular complexity index is 763. The van der Waals surface area contributed by atoms with Crippen molar-refractivity contribution in [3.8, 4) is 21.7 Å². The van der Waals surface area contributed by atoms with Crippen LogP contribution in [0.1, 0.15) is 35.2 Å². The third kappa shape index (κ3) is 5.69. The Labute approximate surface area is 168 Å². The van der Waals surface area contributed by atoms with E-state index in [1.807, 2.05) is 40.8 Å². The molecule has 136 valence electrons. The number of benzene rings is 1. The van der Waals surface area contributed by atoms with Gasteiger partial charge in [0.25, 0.3) is 0 Å². The van der Waals surface area contributed by atoms with Gasteiger partial charge in [-0.2, -0.15) is 0 Å². The van der Waals surface area contributed by atoms with Crippen molar-refractivity contribution in [2.24, 2.45) is 0 Å². The number of methoxy groups -OCH3 is 1. The molecule has 1 atom stereocenters. The van der Waals surface area contributed by atoms with E-state index >= 15 is 0 Å². The van der Waals surface area contributed by atoms with Gasteiger partial charge in [-0.25, -0.2) is 0 Å². The molecule has 0 N–H and O–H groups in total. The Hall–Kier alpha value is -1.64. The molecule has 26 heavy (non-hydrogen) atoms. The second-order valence-electron chi connectivity index (χ2n) is 5.72. The molecule has 2 rings (SSSR count). The van der Waals surface area contributed by atoms with Crippen molar-refractivity contribution in [2.45, 2.75) is 24.9 Å². The fraction of sp³-hybridized carbons (Fsp3) is 0.381. The lowest BCUT2D eigenvalue weighted by Crippen LogP contribution is -2.33. The number of carbonyl (C=O) groups is 1. The van der Waals surface area contributed by atoms with Crippen LogP contribution in [-0.4, -0.2) is 39.0 Å². The molecule has 0 amide bonds. The number of rotatable bonds is 8. The molecule has 0 fully saturated rings. The summed E-state index contributed by atoms with van der Waals surface area (Å²) in [6.45, 7) is 1.16. The van der Waals surface area contributed by atoms with Crippen molar-refractivity contribution >= 4 is 28.9 Å². The molecule has 1 aromatic carbocycles. The van der Waals surface area contributed by atoms with Gasteiger partial charge in [0.2, 0.25) is 0 Å². The van der Waals surface area contributed by atoms with Gasteiger partial charge in [-0.15, -0.1) is 0 Å². The van der Waals surface area contributed by atoms with Crippen LogP contribution in [0.15, 0.2) is 35.9 Å². The molecule has 0 saturated heterocycles. The number of aldehydes is 1. The summed E-state index contributed by atoms with van der Waals surface area (Å²) < 4.78 is 19.4. The van der Waals surface area contributed by atoms with Crippen molar-refractivity contribution in [3.63, 3.8) is 0 Å². The minimum Gasteiger partial charge on any atom is -0.382 e. The molecule has 0 bridgehead atoms. The highest BCUT2D eigenvalue weighted by atomic mass is 127. The highest BCUT2D eigenvalue weighted by Crippen LogP contribution is 2.36. The monoisotopic (exact) mass is 464 g/mol. The molecule has 0 spiro atoms. The summed E-state index contributed by atoms with van der Waals surface area (Å²) >= 11 is 2.02. The fourth-order valence-electron chi connectivity index (χ4n) is 2.70. The number of allylic oxidation sites excluding steroid dienone is 1. The number of carbonyl (C=O) groups excluding carboxylic acids is 1. The average molecular weight is 464 g/mol. The summed E-state index contributed by atoms with van der Waals surface area (Å²) in [5.74, 6) is 9.41. The molecular formula is C21H21IO4. The van der Waals surface area contributed by atoms with Crippen molar-refractivity contribution in [3.05, 3.63) is 47.0 Å². The van der Waals surface area contributed by atoms with E-state index in [1.54, 1.807) is 13.2 Å². The largest absolute Gasteiger partial charge is 0.382 e. The molecule has 0 heterocycles. The van der Waals surface area contributed by atoms with Gasteiger partial charge in [0.15, 0.2) is 6.29 Å². The van der Waals surface area contributed by atoms with E-state index in [1.165, 1.54) is 0 Å². The van der Waals surface area contributed by atoms with E-state index in [0.717, 1.165) is 24.7 Å². The normalized spacial score (nSPS) is 18.3. The lowest BCUT2D eigenvalue weighted by molar-refractivity contribution is -0.128. The van der Waals surface area contributed by atoms with Crippen LogP contribution >= 0.6 is 22.6 Å². The van der Waals surface area contributed by atoms with Gasteiger partial charge in [0.05, 0.1) is 13.2 Å². The van der Waals surface area contributed by atoms with Crippen molar-refractivity contribution in [1.29, 1.82) is 0 Å². The highest BCUT2D eigenvalue weighted by Gasteiger charge is 2.37. The lowest BCUT2D eigenvalue weighted by atomic mass is 9.91. The van der Waals surface area contributed by atoms with Crippen LogP contribution in [0.25, 0.3) is 0 Å². The maximum absolute atomic E-state index is 11.2. The van der Waals surface area contributed by atoms with Crippen LogP contribution < -0.4 is 0 Å². The lowest BCUT2D eigenvalue weighted by Gasteiger charge is -2.28. The number of hydrogen-bond donors (Lipinski definition) is 0. The van der Waals surface area contributed by atoms with Crippen LogP contribution in [0.4, 0.5) is 0 Å². The molecular weight excluding hydrogens is 443 g/mol. The van der Waals surface area contributed by atoms with Gasteiger partial charge >= 0.3 is 0 Å². The molecule has 0 aliphatic heterocycles. The second kappa shape index (κ2) is 11.2. The maximum Gasteiger partial charge on any atom is 0.151 e. The third-order valence-corrected chi connectivity index (χ3v) is 4.48. The van der Waals surface area contributed by atoms with E-state index in [9.17, 15) is 4.79 Å². The van der Waals surface area contributed by atoms with Crippen LogP contribution in [-0.2, 0) is 14.2 Å². The standard InChI is InChI=1S/C21H21IO4/c1-24-14-15-25-17-26-21(12-5-13-22)11-4-8-20(21)10-9-18-6-2-3-7-19(18)16-23/h2-3,6-8,16H,4,11-12,14-15,17H2,1H3. The second-order valence-corrected chi connectivity index (χ2v) is 6.26. The summed E-state index contributed by atoms with van der Waals surface area (Å²) in [5.41, 5.74) is 1.63. The first-order chi connectivity index (χ1) is 12.8. The first-order valence-corrected chi connectivity index (χ1v) is 9.39. The van der Waals surface area contributed by atoms with E-state index in [-0.39, 0.29) is 6.79 Å². The molecule has 0 saturated carbocycles. The summed E-state index contributed by atoms with van der Waals surface area (Å²) in [6.07, 6.45) is 5.15. The molecule has 1 aliphatic rings. The molecule has 0 radical (unpaired) electrons. The van der Waals surface area contributed by atoms with Gasteiger partial charge in [-0.1, -0.05) is 42.0 Å².